The number of rotatable bonds is 5. The lowest BCUT2D eigenvalue weighted by molar-refractivity contribution is 0.185. The number of hydrogen-bond acceptors (Lipinski definition) is 6. The van der Waals surface area contributed by atoms with Crippen molar-refractivity contribution < 1.29 is 9.53 Å². The van der Waals surface area contributed by atoms with Crippen molar-refractivity contribution in [2.24, 2.45) is 0 Å². The van der Waals surface area contributed by atoms with E-state index in [2.05, 4.69) is 41.4 Å². The molecule has 1 aromatic heterocycles. The fraction of sp³-hybridized carbons (Fsp3) is 0.375. The van der Waals surface area contributed by atoms with E-state index >= 15 is 0 Å². The zero-order valence-corrected chi connectivity index (χ0v) is 19.8. The number of ether oxygens (including phenoxy) is 1. The molecular formula is C24H29N5O2S. The molecule has 1 aliphatic rings. The molecule has 4 rings (SSSR count). The van der Waals surface area contributed by atoms with Crippen LogP contribution in [0.2, 0.25) is 0 Å². The molecule has 1 N–H and O–H groups in total. The molecule has 8 heteroatoms. The molecule has 0 bridgehead atoms. The minimum Gasteiger partial charge on any atom is -0.497 e. The van der Waals surface area contributed by atoms with Crippen molar-refractivity contribution >= 4 is 28.4 Å². The number of aryl methyl sites for hydroxylation is 2. The minimum atomic E-state index is -0.0589. The molecule has 2 heterocycles. The highest BCUT2D eigenvalue weighted by Gasteiger charge is 2.29. The number of urea groups is 1. The van der Waals surface area contributed by atoms with Gasteiger partial charge in [-0.1, -0.05) is 18.2 Å². The lowest BCUT2D eigenvalue weighted by Crippen LogP contribution is -2.55. The first kappa shape index (κ1) is 22.1. The van der Waals surface area contributed by atoms with Crippen LogP contribution in [-0.2, 0) is 6.42 Å². The number of amides is 2. The van der Waals surface area contributed by atoms with Gasteiger partial charge in [-0.3, -0.25) is 0 Å². The molecule has 7 nitrogen and oxygen atoms in total. The first-order valence-electron chi connectivity index (χ1n) is 10.8. The Morgan fingerprint density at radius 3 is 2.78 bits per heavy atom. The van der Waals surface area contributed by atoms with Crippen LogP contribution in [0.1, 0.15) is 29.4 Å². The van der Waals surface area contributed by atoms with Crippen LogP contribution >= 0.6 is 11.5 Å². The number of nitrogens with one attached hydrogen (secondary N) is 1. The van der Waals surface area contributed by atoms with E-state index in [-0.39, 0.29) is 12.1 Å². The lowest BCUT2D eigenvalue weighted by atomic mass is 10.1. The van der Waals surface area contributed by atoms with Gasteiger partial charge in [0, 0.05) is 49.3 Å². The Labute approximate surface area is 193 Å². The number of anilines is 2. The molecule has 1 fully saturated rings. The highest BCUT2D eigenvalue weighted by molar-refractivity contribution is 7.09. The standard InChI is InChI=1S/C24H29N5O2S/c1-16-8-9-20(12-17(16)2)25-23(30)29-11-10-28(15-18(29)3)24-26-22(27-32-24)14-19-6-5-7-21(13-19)31-4/h5-9,12-13,18H,10-11,14-15H2,1-4H3,(H,25,30). The SMILES string of the molecule is COc1cccc(Cc2nsc(N3CCN(C(=O)Nc4ccc(C)c(C)c4)C(C)C3)n2)c1. The summed E-state index contributed by atoms with van der Waals surface area (Å²) in [6.45, 7) is 8.30. The van der Waals surface area contributed by atoms with E-state index < -0.39 is 0 Å². The molecule has 0 aliphatic carbocycles. The van der Waals surface area contributed by atoms with Crippen molar-refractivity contribution in [3.8, 4) is 5.75 Å². The first-order valence-corrected chi connectivity index (χ1v) is 11.6. The fourth-order valence-electron chi connectivity index (χ4n) is 3.86. The zero-order valence-electron chi connectivity index (χ0n) is 19.0. The molecule has 3 aromatic rings. The van der Waals surface area contributed by atoms with Gasteiger partial charge >= 0.3 is 6.03 Å². The van der Waals surface area contributed by atoms with Crippen LogP contribution in [0.5, 0.6) is 5.75 Å². The molecule has 32 heavy (non-hydrogen) atoms. The van der Waals surface area contributed by atoms with Crippen molar-refractivity contribution in [3.63, 3.8) is 0 Å². The van der Waals surface area contributed by atoms with Gasteiger partial charge in [-0.25, -0.2) is 9.78 Å². The second-order valence-electron chi connectivity index (χ2n) is 8.24. The molecular weight excluding hydrogens is 422 g/mol. The van der Waals surface area contributed by atoms with Gasteiger partial charge in [0.25, 0.3) is 0 Å². The van der Waals surface area contributed by atoms with Crippen molar-refractivity contribution in [2.45, 2.75) is 33.2 Å². The molecule has 1 atom stereocenters. The topological polar surface area (TPSA) is 70.6 Å². The van der Waals surface area contributed by atoms with Crippen LogP contribution in [0.15, 0.2) is 42.5 Å². The molecule has 0 spiro atoms. The largest absolute Gasteiger partial charge is 0.497 e. The van der Waals surface area contributed by atoms with Crippen molar-refractivity contribution in [2.75, 3.05) is 37.0 Å². The number of hydrogen-bond donors (Lipinski definition) is 1. The van der Waals surface area contributed by atoms with E-state index in [0.29, 0.717) is 13.0 Å². The minimum absolute atomic E-state index is 0.0589. The maximum Gasteiger partial charge on any atom is 0.322 e. The fourth-order valence-corrected chi connectivity index (χ4v) is 4.58. The smallest absolute Gasteiger partial charge is 0.322 e. The summed E-state index contributed by atoms with van der Waals surface area (Å²) in [4.78, 5) is 21.7. The number of piperazine rings is 1. The summed E-state index contributed by atoms with van der Waals surface area (Å²) in [6, 6.07) is 14.0. The predicted octanol–water partition coefficient (Wildman–Crippen LogP) is 4.50. The Hall–Kier alpha value is -3.13. The predicted molar refractivity (Wildman–Crippen MR) is 129 cm³/mol. The van der Waals surface area contributed by atoms with Crippen LogP contribution in [0, 0.1) is 13.8 Å². The van der Waals surface area contributed by atoms with Crippen LogP contribution < -0.4 is 15.0 Å². The molecule has 1 saturated heterocycles. The summed E-state index contributed by atoms with van der Waals surface area (Å²) in [5, 5.41) is 3.94. The van der Waals surface area contributed by atoms with Gasteiger partial charge in [-0.15, -0.1) is 0 Å². The van der Waals surface area contributed by atoms with E-state index in [4.69, 9.17) is 9.72 Å². The van der Waals surface area contributed by atoms with Crippen molar-refractivity contribution in [1.29, 1.82) is 0 Å². The van der Waals surface area contributed by atoms with Crippen LogP contribution in [0.3, 0.4) is 0 Å². The summed E-state index contributed by atoms with van der Waals surface area (Å²) < 4.78 is 9.85. The summed E-state index contributed by atoms with van der Waals surface area (Å²) in [6.07, 6.45) is 0.668. The molecule has 1 aliphatic heterocycles. The van der Waals surface area contributed by atoms with Crippen LogP contribution in [0.4, 0.5) is 15.6 Å². The van der Waals surface area contributed by atoms with Gasteiger partial charge < -0.3 is 19.9 Å². The van der Waals surface area contributed by atoms with E-state index in [9.17, 15) is 4.79 Å². The first-order chi connectivity index (χ1) is 15.4. The Bertz CT molecular complexity index is 1100. The molecule has 0 saturated carbocycles. The molecule has 1 unspecified atom stereocenters. The van der Waals surface area contributed by atoms with Gasteiger partial charge in [0.05, 0.1) is 7.11 Å². The summed E-state index contributed by atoms with van der Waals surface area (Å²) in [7, 11) is 1.67. The second kappa shape index (κ2) is 9.56. The summed E-state index contributed by atoms with van der Waals surface area (Å²) in [5.74, 6) is 1.64. The number of nitrogens with zero attached hydrogens (tertiary/aromatic N) is 4. The van der Waals surface area contributed by atoms with Crippen LogP contribution in [0.25, 0.3) is 0 Å². The monoisotopic (exact) mass is 451 g/mol. The van der Waals surface area contributed by atoms with Gasteiger partial charge in [0.1, 0.15) is 11.6 Å². The second-order valence-corrected chi connectivity index (χ2v) is 8.97. The highest BCUT2D eigenvalue weighted by atomic mass is 32.1. The Balaban J connectivity index is 1.36. The summed E-state index contributed by atoms with van der Waals surface area (Å²) in [5.41, 5.74) is 4.34. The number of aromatic nitrogens is 2. The van der Waals surface area contributed by atoms with Crippen molar-refractivity contribution in [1.82, 2.24) is 14.3 Å². The van der Waals surface area contributed by atoms with E-state index in [0.717, 1.165) is 41.0 Å². The van der Waals surface area contributed by atoms with Gasteiger partial charge in [0.15, 0.2) is 0 Å². The highest BCUT2D eigenvalue weighted by Crippen LogP contribution is 2.24. The van der Waals surface area contributed by atoms with Gasteiger partial charge in [-0.05, 0) is 61.7 Å². The maximum absolute atomic E-state index is 12.8. The lowest BCUT2D eigenvalue weighted by Gasteiger charge is -2.39. The summed E-state index contributed by atoms with van der Waals surface area (Å²) >= 11 is 1.42. The Morgan fingerprint density at radius 1 is 1.19 bits per heavy atom. The Kier molecular flexibility index (Phi) is 6.60. The molecule has 2 amide bonds. The number of carbonyl (C=O) groups is 1. The normalized spacial score (nSPS) is 16.2. The third-order valence-electron chi connectivity index (χ3n) is 5.87. The van der Waals surface area contributed by atoms with Crippen LogP contribution in [-0.4, -0.2) is 53.1 Å². The molecule has 2 aromatic carbocycles. The number of benzene rings is 2. The molecule has 0 radical (unpaired) electrons. The van der Waals surface area contributed by atoms with E-state index in [1.54, 1.807) is 7.11 Å². The van der Waals surface area contributed by atoms with Crippen molar-refractivity contribution in [3.05, 3.63) is 65.0 Å². The van der Waals surface area contributed by atoms with E-state index in [1.165, 1.54) is 22.7 Å². The zero-order chi connectivity index (χ0) is 22.7. The quantitative estimate of drug-likeness (QED) is 0.619. The third kappa shape index (κ3) is 5.02. The van der Waals surface area contributed by atoms with Gasteiger partial charge in [0.2, 0.25) is 5.13 Å². The number of carbonyl (C=O) groups excluding carboxylic acids is 1. The van der Waals surface area contributed by atoms with Gasteiger partial charge in [-0.2, -0.15) is 4.37 Å². The average Bonchev–Trinajstić information content (AvgIpc) is 3.24. The maximum atomic E-state index is 12.8. The average molecular weight is 452 g/mol. The number of methoxy groups -OCH3 is 1. The van der Waals surface area contributed by atoms with E-state index in [1.807, 2.05) is 41.3 Å². The Morgan fingerprint density at radius 2 is 2.03 bits per heavy atom. The third-order valence-corrected chi connectivity index (χ3v) is 6.69. The molecule has 168 valence electrons.